The number of carboxylic acids is 1. The molecule has 2 aromatic rings. The second-order valence-electron chi connectivity index (χ2n) is 8.84. The van der Waals surface area contributed by atoms with Crippen LogP contribution in [0.1, 0.15) is 36.0 Å². The molecule has 2 fully saturated rings. The summed E-state index contributed by atoms with van der Waals surface area (Å²) in [5, 5.41) is 15.1. The molecule has 1 atom stereocenters. The van der Waals surface area contributed by atoms with Crippen LogP contribution in [0, 0.1) is 0 Å². The van der Waals surface area contributed by atoms with Gasteiger partial charge in [0.25, 0.3) is 5.91 Å². The van der Waals surface area contributed by atoms with Crippen molar-refractivity contribution in [1.29, 1.82) is 0 Å². The van der Waals surface area contributed by atoms with Crippen LogP contribution in [0.5, 0.6) is 0 Å². The maximum atomic E-state index is 12.9. The quantitative estimate of drug-likeness (QED) is 0.504. The Morgan fingerprint density at radius 1 is 1.03 bits per heavy atom. The molecule has 0 unspecified atom stereocenters. The normalized spacial score (nSPS) is 17.6. The number of carboxylic acid groups (broad SMARTS) is 1. The standard InChI is InChI=1S/C25H26Cl2N4O5/c26-17-7-4-8-18(27)21(17)22(33)29-19(23(34)35)9-10-20(32)30-13-11-25(12-14-30)24(36)28-15-31(25)16-5-2-1-3-6-16/h1-8,19H,9-15H2,(H,28,36)(H,29,33)(H,34,35)/t19-/m0/s1. The summed E-state index contributed by atoms with van der Waals surface area (Å²) in [6.07, 6.45) is 0.752. The third-order valence-electron chi connectivity index (χ3n) is 6.79. The van der Waals surface area contributed by atoms with Crippen molar-refractivity contribution in [2.45, 2.75) is 37.3 Å². The molecule has 0 radical (unpaired) electrons. The van der Waals surface area contributed by atoms with Crippen molar-refractivity contribution in [3.8, 4) is 0 Å². The highest BCUT2D eigenvalue weighted by molar-refractivity contribution is 6.39. The van der Waals surface area contributed by atoms with Crippen LogP contribution in [0.3, 0.4) is 0 Å². The van der Waals surface area contributed by atoms with Crippen molar-refractivity contribution in [2.24, 2.45) is 0 Å². The number of piperidine rings is 1. The smallest absolute Gasteiger partial charge is 0.326 e. The first-order valence-corrected chi connectivity index (χ1v) is 12.3. The summed E-state index contributed by atoms with van der Waals surface area (Å²) < 4.78 is 0. The number of hydrogen-bond acceptors (Lipinski definition) is 5. The Hall–Kier alpha value is -3.30. The van der Waals surface area contributed by atoms with Crippen LogP contribution in [0.2, 0.25) is 10.0 Å². The second-order valence-corrected chi connectivity index (χ2v) is 9.65. The predicted octanol–water partition coefficient (Wildman–Crippen LogP) is 2.91. The van der Waals surface area contributed by atoms with Gasteiger partial charge in [-0.15, -0.1) is 0 Å². The van der Waals surface area contributed by atoms with Crippen LogP contribution in [0.4, 0.5) is 5.69 Å². The van der Waals surface area contributed by atoms with E-state index >= 15 is 0 Å². The first kappa shape index (κ1) is 25.8. The molecular formula is C25H26Cl2N4O5. The van der Waals surface area contributed by atoms with Gasteiger partial charge in [-0.1, -0.05) is 47.5 Å². The third kappa shape index (κ3) is 5.12. The fourth-order valence-electron chi connectivity index (χ4n) is 4.79. The van der Waals surface area contributed by atoms with E-state index in [0.29, 0.717) is 32.6 Å². The molecule has 0 aromatic heterocycles. The Balaban J connectivity index is 1.35. The zero-order valence-corrected chi connectivity index (χ0v) is 20.9. The average molecular weight is 533 g/mol. The van der Waals surface area contributed by atoms with E-state index < -0.39 is 23.5 Å². The summed E-state index contributed by atoms with van der Waals surface area (Å²) in [5.74, 6) is -2.27. The number of halogens is 2. The minimum absolute atomic E-state index is 0.0162. The Bertz CT molecular complexity index is 1150. The molecule has 2 saturated heterocycles. The van der Waals surface area contributed by atoms with Crippen molar-refractivity contribution in [3.05, 3.63) is 64.1 Å². The maximum absolute atomic E-state index is 12.9. The van der Waals surface area contributed by atoms with Gasteiger partial charge >= 0.3 is 5.97 Å². The van der Waals surface area contributed by atoms with E-state index in [4.69, 9.17) is 23.2 Å². The van der Waals surface area contributed by atoms with Crippen molar-refractivity contribution >= 4 is 52.6 Å². The monoisotopic (exact) mass is 532 g/mol. The molecule has 2 heterocycles. The summed E-state index contributed by atoms with van der Waals surface area (Å²) in [5.41, 5.74) is 0.205. The van der Waals surface area contributed by atoms with Crippen molar-refractivity contribution in [3.63, 3.8) is 0 Å². The van der Waals surface area contributed by atoms with Gasteiger partial charge < -0.3 is 25.5 Å². The molecular weight excluding hydrogens is 507 g/mol. The molecule has 3 N–H and O–H groups in total. The molecule has 2 aliphatic rings. The van der Waals surface area contributed by atoms with Crippen molar-refractivity contribution in [1.82, 2.24) is 15.5 Å². The fourth-order valence-corrected chi connectivity index (χ4v) is 5.36. The summed E-state index contributed by atoms with van der Waals surface area (Å²) >= 11 is 12.1. The van der Waals surface area contributed by atoms with Gasteiger partial charge in [-0.2, -0.15) is 0 Å². The minimum Gasteiger partial charge on any atom is -0.480 e. The number of nitrogens with zero attached hydrogens (tertiary/aromatic N) is 2. The van der Waals surface area contributed by atoms with Gasteiger partial charge in [-0.3, -0.25) is 14.4 Å². The van der Waals surface area contributed by atoms with E-state index in [2.05, 4.69) is 10.6 Å². The lowest BCUT2D eigenvalue weighted by molar-refractivity contribution is -0.140. The van der Waals surface area contributed by atoms with Gasteiger partial charge in [0.2, 0.25) is 11.8 Å². The number of nitrogens with one attached hydrogen (secondary N) is 2. The van der Waals surface area contributed by atoms with Gasteiger partial charge in [0.1, 0.15) is 11.6 Å². The van der Waals surface area contributed by atoms with Gasteiger partial charge in [0, 0.05) is 25.2 Å². The third-order valence-corrected chi connectivity index (χ3v) is 7.42. The molecule has 1 spiro atoms. The highest BCUT2D eigenvalue weighted by Gasteiger charge is 2.50. The number of amides is 3. The van der Waals surface area contributed by atoms with E-state index in [0.717, 1.165) is 5.69 Å². The highest BCUT2D eigenvalue weighted by Crippen LogP contribution is 2.36. The Morgan fingerprint density at radius 2 is 1.67 bits per heavy atom. The fraction of sp³-hybridized carbons (Fsp3) is 0.360. The number of carbonyl (C=O) groups excluding carboxylic acids is 3. The maximum Gasteiger partial charge on any atom is 0.326 e. The van der Waals surface area contributed by atoms with Crippen LogP contribution in [-0.4, -0.2) is 65.0 Å². The van der Waals surface area contributed by atoms with E-state index in [-0.39, 0.29) is 40.3 Å². The average Bonchev–Trinajstić information content (AvgIpc) is 3.17. The lowest BCUT2D eigenvalue weighted by Gasteiger charge is -2.43. The van der Waals surface area contributed by atoms with E-state index in [1.165, 1.54) is 12.1 Å². The SMILES string of the molecule is O=C(N[C@@H](CCC(=O)N1CCC2(CC1)C(=O)NCN2c1ccccc1)C(=O)O)c1c(Cl)cccc1Cl. The number of hydrogen-bond donors (Lipinski definition) is 3. The number of aliphatic carboxylic acids is 1. The van der Waals surface area contributed by atoms with Gasteiger partial charge in [0.05, 0.1) is 22.3 Å². The molecule has 0 bridgehead atoms. The molecule has 190 valence electrons. The van der Waals surface area contributed by atoms with Crippen LogP contribution < -0.4 is 15.5 Å². The summed E-state index contributed by atoms with van der Waals surface area (Å²) in [6.45, 7) is 1.15. The van der Waals surface area contributed by atoms with E-state index in [1.54, 1.807) is 11.0 Å². The van der Waals surface area contributed by atoms with E-state index in [9.17, 15) is 24.3 Å². The largest absolute Gasteiger partial charge is 0.480 e. The van der Waals surface area contributed by atoms with Crippen LogP contribution in [0.15, 0.2) is 48.5 Å². The Kier molecular flexibility index (Phi) is 7.70. The first-order valence-electron chi connectivity index (χ1n) is 11.6. The van der Waals surface area contributed by atoms with Gasteiger partial charge in [0.15, 0.2) is 0 Å². The van der Waals surface area contributed by atoms with Crippen molar-refractivity contribution in [2.75, 3.05) is 24.7 Å². The molecule has 3 amide bonds. The Labute approximate surface area is 218 Å². The zero-order chi connectivity index (χ0) is 25.9. The lowest BCUT2D eigenvalue weighted by atomic mass is 9.85. The molecule has 2 aromatic carbocycles. The van der Waals surface area contributed by atoms with Crippen LogP contribution >= 0.6 is 23.2 Å². The second kappa shape index (κ2) is 10.8. The highest BCUT2D eigenvalue weighted by atomic mass is 35.5. The molecule has 11 heteroatoms. The Morgan fingerprint density at radius 3 is 2.28 bits per heavy atom. The van der Waals surface area contributed by atoms with Crippen LogP contribution in [0.25, 0.3) is 0 Å². The summed E-state index contributed by atoms with van der Waals surface area (Å²) in [6, 6.07) is 12.9. The zero-order valence-electron chi connectivity index (χ0n) is 19.4. The summed E-state index contributed by atoms with van der Waals surface area (Å²) in [7, 11) is 0. The molecule has 2 aliphatic heterocycles. The van der Waals surface area contributed by atoms with Gasteiger partial charge in [-0.25, -0.2) is 4.79 Å². The van der Waals surface area contributed by atoms with Crippen LogP contribution in [-0.2, 0) is 14.4 Å². The number of benzene rings is 2. The molecule has 4 rings (SSSR count). The summed E-state index contributed by atoms with van der Waals surface area (Å²) in [4.78, 5) is 53.7. The van der Waals surface area contributed by atoms with Gasteiger partial charge in [-0.05, 0) is 43.5 Å². The number of rotatable bonds is 7. The van der Waals surface area contributed by atoms with Crippen molar-refractivity contribution < 1.29 is 24.3 Å². The molecule has 36 heavy (non-hydrogen) atoms. The topological polar surface area (TPSA) is 119 Å². The molecule has 9 nitrogen and oxygen atoms in total. The van der Waals surface area contributed by atoms with E-state index in [1.807, 2.05) is 35.2 Å². The minimum atomic E-state index is -1.29. The molecule has 0 aliphatic carbocycles. The lowest BCUT2D eigenvalue weighted by Crippen LogP contribution is -2.57. The molecule has 0 saturated carbocycles. The predicted molar refractivity (Wildman–Crippen MR) is 135 cm³/mol. The number of anilines is 1. The number of likely N-dealkylation sites (tertiary alicyclic amines) is 1. The number of carbonyl (C=O) groups is 4. The first-order chi connectivity index (χ1) is 17.2. The number of para-hydroxylation sites is 1.